The first kappa shape index (κ1) is 32.5. The number of aliphatic hydroxyl groups is 1. The predicted octanol–water partition coefficient (Wildman–Crippen LogP) is 7.68. The number of thioether (sulfide) groups is 1. The van der Waals surface area contributed by atoms with Gasteiger partial charge in [0.1, 0.15) is 0 Å². The SMILES string of the molecule is O=C(O)c1ccc(SC[C@@H]2C[C@H](c3ccc(CO)cc3)O[C@H](c3ccc(-c4ccccc4CN4C(=O)c5ccccc5C4=O)cc3)O2)cc1. The van der Waals surface area contributed by atoms with Crippen molar-refractivity contribution in [3.8, 4) is 11.1 Å². The van der Waals surface area contributed by atoms with Gasteiger partial charge in [-0.1, -0.05) is 84.9 Å². The van der Waals surface area contributed by atoms with Gasteiger partial charge in [0.25, 0.3) is 11.8 Å². The maximum absolute atomic E-state index is 13.1. The third-order valence-electron chi connectivity index (χ3n) is 8.87. The molecule has 0 unspecified atom stereocenters. The maximum Gasteiger partial charge on any atom is 0.335 e. The minimum atomic E-state index is -0.959. The number of carbonyl (C=O) groups is 3. The van der Waals surface area contributed by atoms with Gasteiger partial charge in [-0.3, -0.25) is 14.5 Å². The van der Waals surface area contributed by atoms with Crippen LogP contribution in [-0.4, -0.2) is 44.8 Å². The van der Waals surface area contributed by atoms with Crippen molar-refractivity contribution in [1.82, 2.24) is 4.90 Å². The summed E-state index contributed by atoms with van der Waals surface area (Å²) < 4.78 is 13.0. The molecule has 8 nitrogen and oxygen atoms in total. The van der Waals surface area contributed by atoms with Crippen molar-refractivity contribution >= 4 is 29.5 Å². The van der Waals surface area contributed by atoms with Gasteiger partial charge in [-0.15, -0.1) is 11.8 Å². The molecule has 3 atom stereocenters. The van der Waals surface area contributed by atoms with Gasteiger partial charge in [-0.05, 0) is 64.2 Å². The summed E-state index contributed by atoms with van der Waals surface area (Å²) in [7, 11) is 0. The van der Waals surface area contributed by atoms with Crippen LogP contribution in [0.25, 0.3) is 11.1 Å². The average molecular weight is 672 g/mol. The van der Waals surface area contributed by atoms with Crippen molar-refractivity contribution in [1.29, 1.82) is 0 Å². The fraction of sp³-hybridized carbons (Fsp3) is 0.175. The van der Waals surface area contributed by atoms with Gasteiger partial charge in [-0.25, -0.2) is 4.79 Å². The second kappa shape index (κ2) is 14.2. The molecule has 0 saturated carbocycles. The van der Waals surface area contributed by atoms with Crippen molar-refractivity contribution in [3.05, 3.63) is 160 Å². The standard InChI is InChI=1S/C40H33NO7S/c42-23-25-9-11-27(12-10-25)36-21-31(24-49-32-19-17-28(18-20-32)39(45)46)47-40(48-36)29-15-13-26(14-16-29)33-6-2-1-5-30(33)22-41-37(43)34-7-3-4-8-35(34)38(41)44/h1-20,31,36,40,42H,21-24H2,(H,45,46)/t31-,36+,40+/m0/s1. The molecule has 0 spiro atoms. The smallest absolute Gasteiger partial charge is 0.335 e. The largest absolute Gasteiger partial charge is 0.478 e. The molecule has 7 rings (SSSR count). The van der Waals surface area contributed by atoms with E-state index in [9.17, 15) is 24.6 Å². The summed E-state index contributed by atoms with van der Waals surface area (Å²) in [5.74, 6) is -0.897. The van der Waals surface area contributed by atoms with Crippen molar-refractivity contribution in [2.45, 2.75) is 43.0 Å². The van der Waals surface area contributed by atoms with E-state index in [1.807, 2.05) is 72.8 Å². The fourth-order valence-corrected chi connectivity index (χ4v) is 7.14. The molecule has 0 bridgehead atoms. The highest BCUT2D eigenvalue weighted by Crippen LogP contribution is 2.40. The van der Waals surface area contributed by atoms with Crippen LogP contribution in [0.15, 0.2) is 126 Å². The number of nitrogens with zero attached hydrogens (tertiary/aromatic N) is 1. The van der Waals surface area contributed by atoms with Crippen molar-refractivity contribution in [3.63, 3.8) is 0 Å². The number of carboxylic acids is 1. The highest BCUT2D eigenvalue weighted by atomic mass is 32.2. The Morgan fingerprint density at radius 3 is 1.98 bits per heavy atom. The average Bonchev–Trinajstić information content (AvgIpc) is 3.39. The van der Waals surface area contributed by atoms with E-state index < -0.39 is 12.3 Å². The van der Waals surface area contributed by atoms with Crippen LogP contribution in [0.2, 0.25) is 0 Å². The number of ether oxygens (including phenoxy) is 2. The summed E-state index contributed by atoms with van der Waals surface area (Å²) in [6.07, 6.45) is -0.422. The quantitative estimate of drug-likeness (QED) is 0.115. The lowest BCUT2D eigenvalue weighted by Crippen LogP contribution is -2.31. The minimum absolute atomic E-state index is 0.0365. The maximum atomic E-state index is 13.1. The number of carbonyl (C=O) groups excluding carboxylic acids is 2. The van der Waals surface area contributed by atoms with E-state index in [1.165, 1.54) is 4.90 Å². The number of carboxylic acid groups (broad SMARTS) is 1. The minimum Gasteiger partial charge on any atom is -0.478 e. The Labute approximate surface area is 287 Å². The Balaban J connectivity index is 1.10. The number of hydrogen-bond donors (Lipinski definition) is 2. The normalized spacial score (nSPS) is 18.8. The molecule has 2 aliphatic rings. The lowest BCUT2D eigenvalue weighted by atomic mass is 9.97. The molecule has 2 amide bonds. The summed E-state index contributed by atoms with van der Waals surface area (Å²) in [5, 5.41) is 18.8. The Kier molecular flexibility index (Phi) is 9.41. The Hall–Kier alpha value is -5.06. The molecule has 9 heteroatoms. The topological polar surface area (TPSA) is 113 Å². The van der Waals surface area contributed by atoms with Crippen molar-refractivity contribution < 1.29 is 34.1 Å². The van der Waals surface area contributed by atoms with Crippen LogP contribution in [0, 0.1) is 0 Å². The third kappa shape index (κ3) is 6.93. The van der Waals surface area contributed by atoms with Crippen LogP contribution in [-0.2, 0) is 22.6 Å². The highest BCUT2D eigenvalue weighted by molar-refractivity contribution is 7.99. The number of amides is 2. The monoisotopic (exact) mass is 671 g/mol. The number of imide groups is 1. The molecule has 2 aliphatic heterocycles. The molecule has 5 aromatic carbocycles. The number of fused-ring (bicyclic) bond motifs is 1. The number of rotatable bonds is 10. The zero-order chi connectivity index (χ0) is 33.9. The summed E-state index contributed by atoms with van der Waals surface area (Å²) >= 11 is 1.60. The van der Waals surface area contributed by atoms with Crippen LogP contribution < -0.4 is 0 Å². The van der Waals surface area contributed by atoms with Gasteiger partial charge in [0, 0.05) is 22.6 Å². The predicted molar refractivity (Wildman–Crippen MR) is 185 cm³/mol. The number of aromatic carboxylic acids is 1. The molecule has 246 valence electrons. The van der Waals surface area contributed by atoms with Gasteiger partial charge in [0.2, 0.25) is 0 Å². The van der Waals surface area contributed by atoms with Gasteiger partial charge in [0.05, 0.1) is 42.0 Å². The lowest BCUT2D eigenvalue weighted by molar-refractivity contribution is -0.245. The van der Waals surface area contributed by atoms with E-state index >= 15 is 0 Å². The zero-order valence-electron chi connectivity index (χ0n) is 26.4. The Morgan fingerprint density at radius 2 is 1.35 bits per heavy atom. The number of benzene rings is 5. The molecule has 5 aromatic rings. The summed E-state index contributed by atoms with van der Waals surface area (Å²) in [4.78, 5) is 39.7. The molecule has 1 fully saturated rings. The molecule has 0 aliphatic carbocycles. The van der Waals surface area contributed by atoms with E-state index in [1.54, 1.807) is 60.3 Å². The van der Waals surface area contributed by atoms with Crippen LogP contribution in [0.4, 0.5) is 0 Å². The Morgan fingerprint density at radius 1 is 0.735 bits per heavy atom. The van der Waals surface area contributed by atoms with Gasteiger partial charge in [0.15, 0.2) is 6.29 Å². The second-order valence-corrected chi connectivity index (χ2v) is 13.1. The van der Waals surface area contributed by atoms with E-state index in [-0.39, 0.29) is 42.7 Å². The summed E-state index contributed by atoms with van der Waals surface area (Å²) in [6.45, 7) is 0.125. The Bertz CT molecular complexity index is 1960. The van der Waals surface area contributed by atoms with Crippen LogP contribution >= 0.6 is 11.8 Å². The van der Waals surface area contributed by atoms with Gasteiger partial charge >= 0.3 is 5.97 Å². The van der Waals surface area contributed by atoms with Crippen LogP contribution in [0.1, 0.15) is 72.1 Å². The number of hydrogen-bond acceptors (Lipinski definition) is 7. The van der Waals surface area contributed by atoms with E-state index in [2.05, 4.69) is 0 Å². The molecular weight excluding hydrogens is 639 g/mol. The molecule has 0 aromatic heterocycles. The molecule has 2 N–H and O–H groups in total. The highest BCUT2D eigenvalue weighted by Gasteiger charge is 2.36. The van der Waals surface area contributed by atoms with E-state index in [0.29, 0.717) is 23.3 Å². The number of aliphatic hydroxyl groups excluding tert-OH is 1. The van der Waals surface area contributed by atoms with E-state index in [0.717, 1.165) is 38.3 Å². The molecule has 49 heavy (non-hydrogen) atoms. The van der Waals surface area contributed by atoms with Gasteiger partial charge < -0.3 is 19.7 Å². The van der Waals surface area contributed by atoms with Gasteiger partial charge in [-0.2, -0.15) is 0 Å². The summed E-state index contributed by atoms with van der Waals surface area (Å²) in [5.41, 5.74) is 6.46. The van der Waals surface area contributed by atoms with Crippen LogP contribution in [0.3, 0.4) is 0 Å². The van der Waals surface area contributed by atoms with Crippen LogP contribution in [0.5, 0.6) is 0 Å². The first-order chi connectivity index (χ1) is 23.9. The first-order valence-electron chi connectivity index (χ1n) is 16.0. The van der Waals surface area contributed by atoms with Crippen molar-refractivity contribution in [2.24, 2.45) is 0 Å². The lowest BCUT2D eigenvalue weighted by Gasteiger charge is -2.36. The van der Waals surface area contributed by atoms with E-state index in [4.69, 9.17) is 9.47 Å². The zero-order valence-corrected chi connectivity index (χ0v) is 27.2. The summed E-state index contributed by atoms with van der Waals surface area (Å²) in [6, 6.07) is 37.2. The second-order valence-electron chi connectivity index (χ2n) is 12.0. The fourth-order valence-electron chi connectivity index (χ4n) is 6.22. The van der Waals surface area contributed by atoms with Crippen molar-refractivity contribution in [2.75, 3.05) is 5.75 Å². The molecule has 2 heterocycles. The molecule has 1 saturated heterocycles. The third-order valence-corrected chi connectivity index (χ3v) is 10.0. The molecular formula is C40H33NO7S. The first-order valence-corrected chi connectivity index (χ1v) is 17.0. The molecule has 0 radical (unpaired) electrons.